The van der Waals surface area contributed by atoms with E-state index in [0.29, 0.717) is 22.8 Å². The Labute approximate surface area is 140 Å². The number of hydrogen-bond acceptors (Lipinski definition) is 4. The molecule has 5 heteroatoms. The second-order valence-electron chi connectivity index (χ2n) is 4.73. The van der Waals surface area contributed by atoms with Crippen molar-refractivity contribution in [3.63, 3.8) is 0 Å². The fourth-order valence-electron chi connectivity index (χ4n) is 1.99. The summed E-state index contributed by atoms with van der Waals surface area (Å²) < 4.78 is 16.2. The average molecular weight is 333 g/mol. The van der Waals surface area contributed by atoms with E-state index >= 15 is 0 Å². The van der Waals surface area contributed by atoms with Crippen molar-refractivity contribution in [1.29, 1.82) is 0 Å². The van der Waals surface area contributed by atoms with Crippen LogP contribution >= 0.6 is 11.6 Å². The second-order valence-corrected chi connectivity index (χ2v) is 4.94. The fraction of sp³-hybridized carbons (Fsp3) is 0.167. The van der Waals surface area contributed by atoms with Crippen molar-refractivity contribution in [2.24, 2.45) is 0 Å². The van der Waals surface area contributed by atoms with Crippen LogP contribution in [0.5, 0.6) is 17.2 Å². The van der Waals surface area contributed by atoms with Crippen molar-refractivity contribution >= 4 is 23.1 Å². The van der Waals surface area contributed by atoms with Crippen LogP contribution in [0.15, 0.2) is 48.0 Å². The predicted molar refractivity (Wildman–Crippen MR) is 90.5 cm³/mol. The summed E-state index contributed by atoms with van der Waals surface area (Å²) in [5.41, 5.74) is 2.69. The number of methoxy groups -OCH3 is 2. The molecule has 0 aliphatic carbocycles. The van der Waals surface area contributed by atoms with Gasteiger partial charge in [-0.15, -0.1) is 0 Å². The topological polar surface area (TPSA) is 44.8 Å². The van der Waals surface area contributed by atoms with Gasteiger partial charge in [-0.3, -0.25) is 4.79 Å². The van der Waals surface area contributed by atoms with E-state index in [4.69, 9.17) is 25.8 Å². The van der Waals surface area contributed by atoms with Crippen molar-refractivity contribution in [2.75, 3.05) is 14.2 Å². The molecular formula is C18H17ClO4. The molecule has 23 heavy (non-hydrogen) atoms. The highest BCUT2D eigenvalue weighted by Crippen LogP contribution is 2.32. The van der Waals surface area contributed by atoms with Crippen LogP contribution in [0.3, 0.4) is 0 Å². The summed E-state index contributed by atoms with van der Waals surface area (Å²) in [6.07, 6.45) is 0. The second kappa shape index (κ2) is 7.70. The summed E-state index contributed by atoms with van der Waals surface area (Å²) in [6, 6.07) is 12.3. The number of carbonyl (C=O) groups excluding carboxylic acids is 1. The van der Waals surface area contributed by atoms with E-state index in [2.05, 4.69) is 0 Å². The van der Waals surface area contributed by atoms with Gasteiger partial charge < -0.3 is 14.2 Å². The molecule has 0 bridgehead atoms. The van der Waals surface area contributed by atoms with Crippen LogP contribution < -0.4 is 14.2 Å². The van der Waals surface area contributed by atoms with Crippen LogP contribution in [0, 0.1) is 0 Å². The van der Waals surface area contributed by atoms with Crippen LogP contribution in [-0.2, 0) is 0 Å². The third-order valence-corrected chi connectivity index (χ3v) is 3.46. The number of rotatable bonds is 6. The maximum atomic E-state index is 11.4. The lowest BCUT2D eigenvalue weighted by atomic mass is 10.1. The Bertz CT molecular complexity index is 720. The SMILES string of the molecule is COc1ccc(/C(=C/Cl)Oc2ccc(C(C)=O)cc2OC)cc1. The summed E-state index contributed by atoms with van der Waals surface area (Å²) >= 11 is 5.89. The highest BCUT2D eigenvalue weighted by Gasteiger charge is 2.12. The molecule has 0 aliphatic rings. The first-order chi connectivity index (χ1) is 11.1. The number of hydrogen-bond donors (Lipinski definition) is 0. The van der Waals surface area contributed by atoms with Gasteiger partial charge in [0.05, 0.1) is 14.2 Å². The van der Waals surface area contributed by atoms with Gasteiger partial charge in [0.2, 0.25) is 0 Å². The fourth-order valence-corrected chi connectivity index (χ4v) is 2.16. The number of halogens is 1. The van der Waals surface area contributed by atoms with Gasteiger partial charge in [0.1, 0.15) is 11.5 Å². The molecule has 4 nitrogen and oxygen atoms in total. The molecule has 0 saturated heterocycles. The van der Waals surface area contributed by atoms with Crippen LogP contribution in [0.4, 0.5) is 0 Å². The molecule has 2 rings (SSSR count). The van der Waals surface area contributed by atoms with Crippen LogP contribution in [0.25, 0.3) is 5.76 Å². The Morgan fingerprint density at radius 1 is 0.957 bits per heavy atom. The summed E-state index contributed by atoms with van der Waals surface area (Å²) in [5.74, 6) is 2.09. The minimum Gasteiger partial charge on any atom is -0.497 e. The Hall–Kier alpha value is -2.46. The minimum atomic E-state index is -0.0434. The Balaban J connectivity index is 2.29. The molecule has 0 spiro atoms. The van der Waals surface area contributed by atoms with E-state index in [9.17, 15) is 4.79 Å². The van der Waals surface area contributed by atoms with Crippen molar-refractivity contribution < 1.29 is 19.0 Å². The zero-order valence-electron chi connectivity index (χ0n) is 13.1. The van der Waals surface area contributed by atoms with E-state index in [1.54, 1.807) is 25.3 Å². The first-order valence-electron chi connectivity index (χ1n) is 6.90. The van der Waals surface area contributed by atoms with Gasteiger partial charge in [-0.1, -0.05) is 11.6 Å². The molecule has 0 aromatic heterocycles. The van der Waals surface area contributed by atoms with E-state index in [1.807, 2.05) is 24.3 Å². The van der Waals surface area contributed by atoms with Crippen molar-refractivity contribution in [3.05, 3.63) is 59.1 Å². The van der Waals surface area contributed by atoms with Gasteiger partial charge in [-0.05, 0) is 49.4 Å². The van der Waals surface area contributed by atoms with Crippen molar-refractivity contribution in [2.45, 2.75) is 6.92 Å². The van der Waals surface area contributed by atoms with Crippen LogP contribution in [0.2, 0.25) is 0 Å². The van der Waals surface area contributed by atoms with E-state index in [1.165, 1.54) is 19.6 Å². The standard InChI is InChI=1S/C18H17ClO4/c1-12(20)14-6-9-16(17(10-14)22-3)23-18(11-19)13-4-7-15(21-2)8-5-13/h4-11H,1-3H3/b18-11-. The molecule has 2 aromatic carbocycles. The molecule has 0 unspecified atom stereocenters. The lowest BCUT2D eigenvalue weighted by Gasteiger charge is -2.13. The molecule has 0 amide bonds. The van der Waals surface area contributed by atoms with E-state index in [-0.39, 0.29) is 5.78 Å². The van der Waals surface area contributed by atoms with Crippen LogP contribution in [0.1, 0.15) is 22.8 Å². The molecule has 0 saturated carbocycles. The third-order valence-electron chi connectivity index (χ3n) is 3.26. The molecule has 0 aliphatic heterocycles. The Kier molecular flexibility index (Phi) is 5.66. The van der Waals surface area contributed by atoms with Gasteiger partial charge in [0, 0.05) is 16.7 Å². The molecule has 0 atom stereocenters. The largest absolute Gasteiger partial charge is 0.497 e. The van der Waals surface area contributed by atoms with Gasteiger partial charge >= 0.3 is 0 Å². The summed E-state index contributed by atoms with van der Waals surface area (Å²) in [7, 11) is 3.12. The lowest BCUT2D eigenvalue weighted by Crippen LogP contribution is -1.99. The molecule has 0 heterocycles. The van der Waals surface area contributed by atoms with Gasteiger partial charge in [-0.25, -0.2) is 0 Å². The number of carbonyl (C=O) groups is 1. The Morgan fingerprint density at radius 3 is 2.13 bits per heavy atom. The molecule has 2 aromatic rings. The van der Waals surface area contributed by atoms with Crippen LogP contribution in [-0.4, -0.2) is 20.0 Å². The Morgan fingerprint density at radius 2 is 1.61 bits per heavy atom. The molecule has 0 N–H and O–H groups in total. The molecular weight excluding hydrogens is 316 g/mol. The van der Waals surface area contributed by atoms with Gasteiger partial charge in [-0.2, -0.15) is 0 Å². The zero-order valence-corrected chi connectivity index (χ0v) is 13.9. The first kappa shape index (κ1) is 16.9. The van der Waals surface area contributed by atoms with E-state index in [0.717, 1.165) is 11.3 Å². The number of ether oxygens (including phenoxy) is 3. The summed E-state index contributed by atoms with van der Waals surface area (Å²) in [4.78, 5) is 11.4. The maximum absolute atomic E-state index is 11.4. The van der Waals surface area contributed by atoms with Crippen molar-refractivity contribution in [1.82, 2.24) is 0 Å². The summed E-state index contributed by atoms with van der Waals surface area (Å²) in [5, 5.41) is 0. The highest BCUT2D eigenvalue weighted by molar-refractivity contribution is 6.27. The molecule has 0 radical (unpaired) electrons. The highest BCUT2D eigenvalue weighted by atomic mass is 35.5. The predicted octanol–water partition coefficient (Wildman–Crippen LogP) is 4.52. The third kappa shape index (κ3) is 4.05. The maximum Gasteiger partial charge on any atom is 0.169 e. The quantitative estimate of drug-likeness (QED) is 0.576. The lowest BCUT2D eigenvalue weighted by molar-refractivity contribution is 0.101. The van der Waals surface area contributed by atoms with Gasteiger partial charge in [0.15, 0.2) is 17.3 Å². The van der Waals surface area contributed by atoms with Crippen molar-refractivity contribution in [3.8, 4) is 17.2 Å². The molecule has 120 valence electrons. The number of Topliss-reactive ketones (excluding diaryl/α,β-unsaturated/α-hetero) is 1. The smallest absolute Gasteiger partial charge is 0.169 e. The average Bonchev–Trinajstić information content (AvgIpc) is 2.59. The summed E-state index contributed by atoms with van der Waals surface area (Å²) in [6.45, 7) is 1.50. The minimum absolute atomic E-state index is 0.0434. The molecule has 0 fully saturated rings. The monoisotopic (exact) mass is 332 g/mol. The zero-order chi connectivity index (χ0) is 16.8. The number of ketones is 1. The number of benzene rings is 2. The van der Waals surface area contributed by atoms with Gasteiger partial charge in [0.25, 0.3) is 0 Å². The first-order valence-corrected chi connectivity index (χ1v) is 7.34. The van der Waals surface area contributed by atoms with E-state index < -0.39 is 0 Å². The normalized spacial score (nSPS) is 11.0.